The Morgan fingerprint density at radius 3 is 3.07 bits per heavy atom. The van der Waals surface area contributed by atoms with Crippen molar-refractivity contribution in [3.63, 3.8) is 0 Å². The van der Waals surface area contributed by atoms with Gasteiger partial charge in [0.15, 0.2) is 0 Å². The third-order valence-electron chi connectivity index (χ3n) is 2.87. The Bertz CT molecular complexity index is 417. The van der Waals surface area contributed by atoms with Gasteiger partial charge in [0.25, 0.3) is 5.91 Å². The lowest BCUT2D eigenvalue weighted by Crippen LogP contribution is -2.14. The van der Waals surface area contributed by atoms with Crippen molar-refractivity contribution in [2.24, 2.45) is 11.7 Å². The van der Waals surface area contributed by atoms with E-state index in [0.29, 0.717) is 5.56 Å². The number of nitrogens with zero attached hydrogens (tertiary/aromatic N) is 3. The standard InChI is InChI=1S/C10H12N4O/c11-4-7-2-1-3-9(7)14-6-8(5-13-14)10(12)15/h5-7,9H,1-3H2,(H2,12,15)/t7-,9+/m0/s1. The van der Waals surface area contributed by atoms with Gasteiger partial charge in [-0.25, -0.2) is 0 Å². The fourth-order valence-corrected chi connectivity index (χ4v) is 2.05. The molecule has 15 heavy (non-hydrogen) atoms. The molecule has 0 aromatic carbocycles. The number of rotatable bonds is 2. The van der Waals surface area contributed by atoms with Crippen molar-refractivity contribution in [1.29, 1.82) is 5.26 Å². The zero-order valence-electron chi connectivity index (χ0n) is 8.26. The number of carbonyl (C=O) groups is 1. The first-order valence-corrected chi connectivity index (χ1v) is 4.96. The first-order valence-electron chi connectivity index (χ1n) is 4.96. The summed E-state index contributed by atoms with van der Waals surface area (Å²) in [5.41, 5.74) is 5.54. The number of nitrogens with two attached hydrogens (primary N) is 1. The molecule has 1 heterocycles. The molecule has 0 unspecified atom stereocenters. The highest BCUT2D eigenvalue weighted by molar-refractivity contribution is 5.92. The summed E-state index contributed by atoms with van der Waals surface area (Å²) in [4.78, 5) is 10.9. The van der Waals surface area contributed by atoms with E-state index in [0.717, 1.165) is 19.3 Å². The Kier molecular flexibility index (Phi) is 2.42. The highest BCUT2D eigenvalue weighted by Gasteiger charge is 2.29. The van der Waals surface area contributed by atoms with Crippen LogP contribution in [0.2, 0.25) is 0 Å². The maximum absolute atomic E-state index is 10.9. The minimum Gasteiger partial charge on any atom is -0.366 e. The highest BCUT2D eigenvalue weighted by Crippen LogP contribution is 2.34. The number of aromatic nitrogens is 2. The molecule has 2 rings (SSSR count). The molecule has 1 aromatic heterocycles. The number of carbonyl (C=O) groups excluding carboxylic acids is 1. The second kappa shape index (κ2) is 3.73. The van der Waals surface area contributed by atoms with Gasteiger partial charge in [0.1, 0.15) is 0 Å². The fourth-order valence-electron chi connectivity index (χ4n) is 2.05. The van der Waals surface area contributed by atoms with Gasteiger partial charge in [0.2, 0.25) is 0 Å². The van der Waals surface area contributed by atoms with Gasteiger partial charge in [-0.15, -0.1) is 0 Å². The van der Waals surface area contributed by atoms with Crippen LogP contribution in [0, 0.1) is 17.2 Å². The summed E-state index contributed by atoms with van der Waals surface area (Å²) in [7, 11) is 0. The Morgan fingerprint density at radius 1 is 1.67 bits per heavy atom. The van der Waals surface area contributed by atoms with Crippen molar-refractivity contribution >= 4 is 5.91 Å². The van der Waals surface area contributed by atoms with Gasteiger partial charge < -0.3 is 5.73 Å². The second-order valence-corrected chi connectivity index (χ2v) is 3.81. The van der Waals surface area contributed by atoms with Gasteiger partial charge in [0, 0.05) is 6.20 Å². The molecule has 1 saturated carbocycles. The highest BCUT2D eigenvalue weighted by atomic mass is 16.1. The molecule has 2 N–H and O–H groups in total. The van der Waals surface area contributed by atoms with Crippen LogP contribution in [0.4, 0.5) is 0 Å². The van der Waals surface area contributed by atoms with E-state index in [-0.39, 0.29) is 12.0 Å². The Balaban J connectivity index is 2.22. The van der Waals surface area contributed by atoms with Crippen LogP contribution >= 0.6 is 0 Å². The summed E-state index contributed by atoms with van der Waals surface area (Å²) in [6.45, 7) is 0. The maximum Gasteiger partial charge on any atom is 0.251 e. The zero-order valence-corrected chi connectivity index (χ0v) is 8.26. The summed E-state index contributed by atoms with van der Waals surface area (Å²) in [6, 6.07) is 2.37. The van der Waals surface area contributed by atoms with Crippen LogP contribution in [0.5, 0.6) is 0 Å². The summed E-state index contributed by atoms with van der Waals surface area (Å²) >= 11 is 0. The van der Waals surface area contributed by atoms with Crippen molar-refractivity contribution < 1.29 is 4.79 Å². The Morgan fingerprint density at radius 2 is 2.47 bits per heavy atom. The van der Waals surface area contributed by atoms with E-state index in [1.165, 1.54) is 6.20 Å². The molecule has 78 valence electrons. The van der Waals surface area contributed by atoms with Crippen molar-refractivity contribution in [1.82, 2.24) is 9.78 Å². The molecule has 0 radical (unpaired) electrons. The lowest BCUT2D eigenvalue weighted by molar-refractivity contribution is 0.1000. The minimum atomic E-state index is -0.479. The number of hydrogen-bond donors (Lipinski definition) is 1. The molecule has 0 spiro atoms. The SMILES string of the molecule is N#C[C@@H]1CCC[C@H]1n1cc(C(N)=O)cn1. The molecule has 0 bridgehead atoms. The van der Waals surface area contributed by atoms with E-state index in [1.54, 1.807) is 10.9 Å². The number of amides is 1. The van der Waals surface area contributed by atoms with Crippen LogP contribution < -0.4 is 5.73 Å². The molecule has 1 amide bonds. The normalized spacial score (nSPS) is 25.0. The minimum absolute atomic E-state index is 0.00521. The summed E-state index contributed by atoms with van der Waals surface area (Å²) in [5, 5.41) is 13.0. The van der Waals surface area contributed by atoms with Crippen LogP contribution in [0.3, 0.4) is 0 Å². The monoisotopic (exact) mass is 204 g/mol. The summed E-state index contributed by atoms with van der Waals surface area (Å²) in [5.74, 6) is -0.474. The van der Waals surface area contributed by atoms with Crippen molar-refractivity contribution in [2.75, 3.05) is 0 Å². The van der Waals surface area contributed by atoms with Crippen LogP contribution in [0.15, 0.2) is 12.4 Å². The Hall–Kier alpha value is -1.83. The molecular formula is C10H12N4O. The first kappa shape index (κ1) is 9.71. The molecule has 0 aliphatic heterocycles. The second-order valence-electron chi connectivity index (χ2n) is 3.81. The number of hydrogen-bond acceptors (Lipinski definition) is 3. The van der Waals surface area contributed by atoms with Crippen LogP contribution in [-0.4, -0.2) is 15.7 Å². The fraction of sp³-hybridized carbons (Fsp3) is 0.500. The first-order chi connectivity index (χ1) is 7.22. The van der Waals surface area contributed by atoms with Crippen LogP contribution in [-0.2, 0) is 0 Å². The smallest absolute Gasteiger partial charge is 0.251 e. The van der Waals surface area contributed by atoms with Gasteiger partial charge in [0.05, 0.1) is 29.8 Å². The third-order valence-corrected chi connectivity index (χ3v) is 2.87. The van der Waals surface area contributed by atoms with E-state index in [2.05, 4.69) is 11.2 Å². The quantitative estimate of drug-likeness (QED) is 0.774. The van der Waals surface area contributed by atoms with Crippen LogP contribution in [0.1, 0.15) is 35.7 Å². The topological polar surface area (TPSA) is 84.7 Å². The maximum atomic E-state index is 10.9. The molecule has 0 saturated heterocycles. The van der Waals surface area contributed by atoms with Gasteiger partial charge in [-0.05, 0) is 19.3 Å². The largest absolute Gasteiger partial charge is 0.366 e. The average Bonchev–Trinajstić information content (AvgIpc) is 2.85. The molecule has 5 nitrogen and oxygen atoms in total. The van der Waals surface area contributed by atoms with Crippen molar-refractivity contribution in [3.05, 3.63) is 18.0 Å². The molecule has 2 atom stereocenters. The molecule has 1 aliphatic rings. The number of primary amides is 1. The molecular weight excluding hydrogens is 192 g/mol. The van der Waals surface area contributed by atoms with Gasteiger partial charge in [-0.3, -0.25) is 9.48 Å². The predicted octanol–water partition coefficient (Wildman–Crippen LogP) is 0.847. The van der Waals surface area contributed by atoms with E-state index in [9.17, 15) is 4.79 Å². The lowest BCUT2D eigenvalue weighted by Gasteiger charge is -2.13. The van der Waals surface area contributed by atoms with Crippen LogP contribution in [0.25, 0.3) is 0 Å². The summed E-state index contributed by atoms with van der Waals surface area (Å²) < 4.78 is 1.70. The van der Waals surface area contributed by atoms with Crippen molar-refractivity contribution in [2.45, 2.75) is 25.3 Å². The molecule has 1 aliphatic carbocycles. The van der Waals surface area contributed by atoms with E-state index in [1.807, 2.05) is 0 Å². The molecule has 1 aromatic rings. The molecule has 1 fully saturated rings. The lowest BCUT2D eigenvalue weighted by atomic mass is 10.1. The summed E-state index contributed by atoms with van der Waals surface area (Å²) in [6.07, 6.45) is 5.97. The molecule has 5 heteroatoms. The van der Waals surface area contributed by atoms with E-state index >= 15 is 0 Å². The van der Waals surface area contributed by atoms with Gasteiger partial charge in [-0.2, -0.15) is 10.4 Å². The number of nitriles is 1. The third kappa shape index (κ3) is 1.71. The van der Waals surface area contributed by atoms with Crippen molar-refractivity contribution in [3.8, 4) is 6.07 Å². The van der Waals surface area contributed by atoms with Gasteiger partial charge in [-0.1, -0.05) is 0 Å². The van der Waals surface area contributed by atoms with E-state index in [4.69, 9.17) is 11.0 Å². The Labute approximate surface area is 87.5 Å². The average molecular weight is 204 g/mol. The predicted molar refractivity (Wildman–Crippen MR) is 52.7 cm³/mol. The van der Waals surface area contributed by atoms with E-state index < -0.39 is 5.91 Å². The van der Waals surface area contributed by atoms with Gasteiger partial charge >= 0.3 is 0 Å². The zero-order chi connectivity index (χ0) is 10.8.